The number of hydrogen-bond donors (Lipinski definition) is 2. The number of allylic oxidation sites excluding steroid dienone is 4. The normalized spacial score (nSPS) is 15.1. The lowest BCUT2D eigenvalue weighted by molar-refractivity contribution is 0.814. The minimum Gasteiger partial charge on any atom is -0.361 e. The molecule has 0 bridgehead atoms. The van der Waals surface area contributed by atoms with Gasteiger partial charge in [0.05, 0.1) is 34.9 Å². The molecule has 2 heterocycles. The largest absolute Gasteiger partial charge is 0.361 e. The number of dihydropyridines is 1. The topological polar surface area (TPSA) is 88.3 Å². The van der Waals surface area contributed by atoms with Crippen molar-refractivity contribution in [3.05, 3.63) is 64.6 Å². The number of nitriles is 2. The Labute approximate surface area is 134 Å². The molecule has 1 aromatic carbocycles. The van der Waals surface area contributed by atoms with Gasteiger partial charge in [-0.25, -0.2) is 0 Å². The van der Waals surface area contributed by atoms with Crippen LogP contribution in [0.25, 0.3) is 11.3 Å². The van der Waals surface area contributed by atoms with Crippen molar-refractivity contribution >= 4 is 0 Å². The van der Waals surface area contributed by atoms with Gasteiger partial charge in [-0.05, 0) is 37.1 Å². The molecular formula is C18H15N5. The molecule has 0 radical (unpaired) electrons. The van der Waals surface area contributed by atoms with Crippen molar-refractivity contribution in [3.63, 3.8) is 0 Å². The molecule has 112 valence electrons. The standard InChI is InChI=1S/C18H15N5/c1-11-15(9-19)18(16(10-20)12(2)22-11)14-5-3-4-13(8-14)17-6-7-21-23-17/h3-8,18,22H,1-2H3,(H,21,23). The minimum atomic E-state index is -0.339. The first-order valence-electron chi connectivity index (χ1n) is 7.24. The van der Waals surface area contributed by atoms with E-state index < -0.39 is 0 Å². The lowest BCUT2D eigenvalue weighted by atomic mass is 9.81. The van der Waals surface area contributed by atoms with Gasteiger partial charge in [0.15, 0.2) is 0 Å². The molecular weight excluding hydrogens is 286 g/mol. The number of hydrogen-bond acceptors (Lipinski definition) is 4. The Balaban J connectivity index is 2.15. The van der Waals surface area contributed by atoms with Gasteiger partial charge in [0, 0.05) is 17.6 Å². The summed E-state index contributed by atoms with van der Waals surface area (Å²) in [4.78, 5) is 0. The lowest BCUT2D eigenvalue weighted by Gasteiger charge is -2.26. The maximum atomic E-state index is 9.55. The van der Waals surface area contributed by atoms with Gasteiger partial charge in [-0.3, -0.25) is 5.10 Å². The van der Waals surface area contributed by atoms with Gasteiger partial charge in [-0.1, -0.05) is 18.2 Å². The highest BCUT2D eigenvalue weighted by molar-refractivity contribution is 5.63. The van der Waals surface area contributed by atoms with Gasteiger partial charge in [-0.15, -0.1) is 0 Å². The average molecular weight is 301 g/mol. The molecule has 0 unspecified atom stereocenters. The van der Waals surface area contributed by atoms with Crippen LogP contribution in [0.1, 0.15) is 25.3 Å². The van der Waals surface area contributed by atoms with Gasteiger partial charge < -0.3 is 5.32 Å². The zero-order valence-corrected chi connectivity index (χ0v) is 12.9. The summed E-state index contributed by atoms with van der Waals surface area (Å²) in [5.41, 5.74) is 5.54. The predicted molar refractivity (Wildman–Crippen MR) is 86.5 cm³/mol. The molecule has 0 atom stereocenters. The summed E-state index contributed by atoms with van der Waals surface area (Å²) in [6, 6.07) is 14.3. The van der Waals surface area contributed by atoms with Crippen molar-refractivity contribution in [1.82, 2.24) is 15.5 Å². The van der Waals surface area contributed by atoms with E-state index >= 15 is 0 Å². The van der Waals surface area contributed by atoms with Crippen LogP contribution in [0.3, 0.4) is 0 Å². The quantitative estimate of drug-likeness (QED) is 0.890. The second kappa shape index (κ2) is 5.82. The van der Waals surface area contributed by atoms with Crippen LogP contribution in [-0.2, 0) is 0 Å². The summed E-state index contributed by atoms with van der Waals surface area (Å²) in [7, 11) is 0. The van der Waals surface area contributed by atoms with Crippen LogP contribution in [0.15, 0.2) is 59.1 Å². The average Bonchev–Trinajstić information content (AvgIpc) is 3.09. The van der Waals surface area contributed by atoms with Gasteiger partial charge in [0.25, 0.3) is 0 Å². The highest BCUT2D eigenvalue weighted by Gasteiger charge is 2.29. The first-order valence-corrected chi connectivity index (χ1v) is 7.24. The van der Waals surface area contributed by atoms with Crippen LogP contribution in [0.2, 0.25) is 0 Å². The van der Waals surface area contributed by atoms with Crippen molar-refractivity contribution in [1.29, 1.82) is 10.5 Å². The molecule has 0 saturated heterocycles. The summed E-state index contributed by atoms with van der Waals surface area (Å²) in [5.74, 6) is -0.339. The molecule has 5 nitrogen and oxygen atoms in total. The molecule has 0 fully saturated rings. The summed E-state index contributed by atoms with van der Waals surface area (Å²) >= 11 is 0. The Morgan fingerprint density at radius 2 is 1.74 bits per heavy atom. The van der Waals surface area contributed by atoms with E-state index in [1.807, 2.05) is 44.2 Å². The molecule has 2 N–H and O–H groups in total. The number of H-pyrrole nitrogens is 1. The molecule has 1 aliphatic rings. The number of rotatable bonds is 2. The van der Waals surface area contributed by atoms with Crippen LogP contribution in [0.5, 0.6) is 0 Å². The third kappa shape index (κ3) is 2.49. The monoisotopic (exact) mass is 301 g/mol. The molecule has 1 aliphatic heterocycles. The highest BCUT2D eigenvalue weighted by atomic mass is 15.1. The number of aromatic amines is 1. The minimum absolute atomic E-state index is 0.339. The zero-order chi connectivity index (χ0) is 16.4. The lowest BCUT2D eigenvalue weighted by Crippen LogP contribution is -2.23. The summed E-state index contributed by atoms with van der Waals surface area (Å²) in [5, 5.41) is 29.1. The first kappa shape index (κ1) is 14.6. The highest BCUT2D eigenvalue weighted by Crippen LogP contribution is 2.38. The van der Waals surface area contributed by atoms with E-state index in [0.717, 1.165) is 28.2 Å². The number of benzene rings is 1. The second-order valence-electron chi connectivity index (χ2n) is 5.45. The molecule has 3 rings (SSSR count). The molecule has 0 aliphatic carbocycles. The Morgan fingerprint density at radius 3 is 2.30 bits per heavy atom. The SMILES string of the molecule is CC1=C(C#N)C(c2cccc(-c3ccn[nH]3)c2)C(C#N)=C(C)N1. The van der Waals surface area contributed by atoms with E-state index in [1.165, 1.54) is 0 Å². The van der Waals surface area contributed by atoms with Crippen LogP contribution >= 0.6 is 0 Å². The Bertz CT molecular complexity index is 852. The van der Waals surface area contributed by atoms with Crippen molar-refractivity contribution in [2.24, 2.45) is 0 Å². The summed E-state index contributed by atoms with van der Waals surface area (Å²) in [6.07, 6.45) is 1.70. The molecule has 0 amide bonds. The van der Waals surface area contributed by atoms with Gasteiger partial charge in [0.1, 0.15) is 0 Å². The summed E-state index contributed by atoms with van der Waals surface area (Å²) in [6.45, 7) is 3.73. The number of aromatic nitrogens is 2. The van der Waals surface area contributed by atoms with Crippen molar-refractivity contribution in [2.75, 3.05) is 0 Å². The molecule has 23 heavy (non-hydrogen) atoms. The zero-order valence-electron chi connectivity index (χ0n) is 12.9. The van der Waals surface area contributed by atoms with E-state index in [1.54, 1.807) is 6.20 Å². The Hall–Kier alpha value is -3.31. The van der Waals surface area contributed by atoms with Crippen LogP contribution in [0.4, 0.5) is 0 Å². The molecule has 0 spiro atoms. The van der Waals surface area contributed by atoms with Gasteiger partial charge in [0.2, 0.25) is 0 Å². The second-order valence-corrected chi connectivity index (χ2v) is 5.45. The predicted octanol–water partition coefficient (Wildman–Crippen LogP) is 3.36. The molecule has 1 aromatic heterocycles. The smallest absolute Gasteiger partial charge is 0.0975 e. The van der Waals surface area contributed by atoms with E-state index in [9.17, 15) is 10.5 Å². The number of nitrogens with one attached hydrogen (secondary N) is 2. The van der Waals surface area contributed by atoms with E-state index in [0.29, 0.717) is 11.1 Å². The van der Waals surface area contributed by atoms with Gasteiger partial charge in [-0.2, -0.15) is 15.6 Å². The van der Waals surface area contributed by atoms with E-state index in [4.69, 9.17) is 0 Å². The van der Waals surface area contributed by atoms with Crippen molar-refractivity contribution in [3.8, 4) is 23.4 Å². The maximum Gasteiger partial charge on any atom is 0.0975 e. The Morgan fingerprint density at radius 1 is 1.04 bits per heavy atom. The summed E-state index contributed by atoms with van der Waals surface area (Å²) < 4.78 is 0. The van der Waals surface area contributed by atoms with Crippen LogP contribution in [-0.4, -0.2) is 10.2 Å². The first-order chi connectivity index (χ1) is 11.2. The Kier molecular flexibility index (Phi) is 3.70. The fourth-order valence-corrected chi connectivity index (χ4v) is 2.93. The molecule has 2 aromatic rings. The van der Waals surface area contributed by atoms with E-state index in [2.05, 4.69) is 27.7 Å². The van der Waals surface area contributed by atoms with Crippen LogP contribution in [0, 0.1) is 22.7 Å². The number of nitrogens with zero attached hydrogens (tertiary/aromatic N) is 3. The van der Waals surface area contributed by atoms with E-state index in [-0.39, 0.29) is 5.92 Å². The third-order valence-corrected chi connectivity index (χ3v) is 4.03. The van der Waals surface area contributed by atoms with Gasteiger partial charge >= 0.3 is 0 Å². The van der Waals surface area contributed by atoms with Crippen molar-refractivity contribution < 1.29 is 0 Å². The molecule has 5 heteroatoms. The van der Waals surface area contributed by atoms with Crippen LogP contribution < -0.4 is 5.32 Å². The third-order valence-electron chi connectivity index (χ3n) is 4.03. The van der Waals surface area contributed by atoms with Crippen molar-refractivity contribution in [2.45, 2.75) is 19.8 Å². The maximum absolute atomic E-state index is 9.55. The fourth-order valence-electron chi connectivity index (χ4n) is 2.93. The molecule has 0 saturated carbocycles. The fraction of sp³-hybridized carbons (Fsp3) is 0.167.